The number of rotatable bonds is 1. The zero-order valence-corrected chi connectivity index (χ0v) is 11.9. The first-order valence-corrected chi connectivity index (χ1v) is 7.89. The number of H-pyrrole nitrogens is 1. The second-order valence-corrected chi connectivity index (χ2v) is 6.42. The summed E-state index contributed by atoms with van der Waals surface area (Å²) in [5.74, 6) is 0.192. The lowest BCUT2D eigenvalue weighted by molar-refractivity contribution is -0.0548. The molecule has 5 atom stereocenters. The Morgan fingerprint density at radius 3 is 3.05 bits per heavy atom. The van der Waals surface area contributed by atoms with Crippen molar-refractivity contribution in [1.29, 1.82) is 0 Å². The van der Waals surface area contributed by atoms with Crippen LogP contribution < -0.4 is 5.73 Å². The molecule has 0 aliphatic carbocycles. The molecule has 0 saturated carbocycles. The van der Waals surface area contributed by atoms with Gasteiger partial charge in [0.15, 0.2) is 11.3 Å². The van der Waals surface area contributed by atoms with Gasteiger partial charge in [-0.1, -0.05) is 0 Å². The van der Waals surface area contributed by atoms with Gasteiger partial charge in [0.1, 0.15) is 36.3 Å². The molecule has 1 unspecified atom stereocenters. The second-order valence-electron chi connectivity index (χ2n) is 5.01. The van der Waals surface area contributed by atoms with Crippen molar-refractivity contribution in [1.82, 2.24) is 20.2 Å². The van der Waals surface area contributed by atoms with E-state index in [1.54, 1.807) is 0 Å². The Morgan fingerprint density at radius 1 is 1.41 bits per heavy atom. The predicted octanol–water partition coefficient (Wildman–Crippen LogP) is -0.748. The summed E-state index contributed by atoms with van der Waals surface area (Å²) in [4.78, 5) is 17.2. The third kappa shape index (κ3) is 2.02. The lowest BCUT2D eigenvalue weighted by atomic mass is 10.1. The number of phosphoric ester groups is 1. The molecule has 118 valence electrons. The van der Waals surface area contributed by atoms with Crippen LogP contribution in [0.2, 0.25) is 0 Å². The first-order valence-electron chi connectivity index (χ1n) is 6.40. The van der Waals surface area contributed by atoms with Gasteiger partial charge >= 0.3 is 7.82 Å². The van der Waals surface area contributed by atoms with Gasteiger partial charge in [-0.25, -0.2) is 14.5 Å². The number of aromatic amines is 1. The minimum atomic E-state index is -4.16. The first kappa shape index (κ1) is 14.0. The summed E-state index contributed by atoms with van der Waals surface area (Å²) in [5, 5.41) is 17.1. The molecule has 0 bridgehead atoms. The molecule has 0 amide bonds. The summed E-state index contributed by atoms with van der Waals surface area (Å²) in [5.41, 5.74) is 6.86. The highest BCUT2D eigenvalue weighted by Gasteiger charge is 2.53. The third-order valence-corrected chi connectivity index (χ3v) is 4.66. The van der Waals surface area contributed by atoms with E-state index in [-0.39, 0.29) is 12.4 Å². The smallest absolute Gasteiger partial charge is 0.387 e. The third-order valence-electron chi connectivity index (χ3n) is 3.67. The molecule has 0 aromatic carbocycles. The molecule has 2 aromatic rings. The number of nitrogens with two attached hydrogens (primary N) is 1. The van der Waals surface area contributed by atoms with Crippen LogP contribution in [0.15, 0.2) is 6.33 Å². The number of aliphatic hydroxyl groups is 1. The van der Waals surface area contributed by atoms with E-state index in [2.05, 4.69) is 24.7 Å². The van der Waals surface area contributed by atoms with Crippen molar-refractivity contribution in [2.24, 2.45) is 0 Å². The zero-order valence-electron chi connectivity index (χ0n) is 11.0. The van der Waals surface area contributed by atoms with Gasteiger partial charge < -0.3 is 20.5 Å². The van der Waals surface area contributed by atoms with E-state index < -0.39 is 32.2 Å². The molecule has 2 fully saturated rings. The molecule has 22 heavy (non-hydrogen) atoms. The van der Waals surface area contributed by atoms with Crippen molar-refractivity contribution in [3.8, 4) is 0 Å². The van der Waals surface area contributed by atoms with Crippen LogP contribution in [0.5, 0.6) is 0 Å². The SMILES string of the molecule is Nc1ncnc2c([C@@H]3O[C@@H]4COP(=O)(O)O[C@H]4[C@H]3O)[nH]nc12. The number of hydrogen-bond acceptors (Lipinski definition) is 9. The summed E-state index contributed by atoms with van der Waals surface area (Å²) in [6.45, 7) is -0.158. The fourth-order valence-electron chi connectivity index (χ4n) is 2.66. The Labute approximate surface area is 123 Å². The summed E-state index contributed by atoms with van der Waals surface area (Å²) in [6, 6.07) is 0. The number of nitrogen functional groups attached to an aromatic ring is 1. The number of nitrogens with zero attached hydrogens (tertiary/aromatic N) is 3. The fraction of sp³-hybridized carbons (Fsp3) is 0.500. The van der Waals surface area contributed by atoms with Crippen molar-refractivity contribution in [3.05, 3.63) is 12.0 Å². The Morgan fingerprint density at radius 2 is 2.23 bits per heavy atom. The van der Waals surface area contributed by atoms with Crippen LogP contribution in [0, 0.1) is 0 Å². The van der Waals surface area contributed by atoms with Crippen molar-refractivity contribution >= 4 is 24.7 Å². The highest BCUT2D eigenvalue weighted by Crippen LogP contribution is 2.53. The van der Waals surface area contributed by atoms with Gasteiger partial charge in [-0.15, -0.1) is 0 Å². The predicted molar refractivity (Wildman–Crippen MR) is 70.4 cm³/mol. The van der Waals surface area contributed by atoms with E-state index in [0.29, 0.717) is 16.7 Å². The normalized spacial score (nSPS) is 38.3. The van der Waals surface area contributed by atoms with Gasteiger partial charge in [-0.2, -0.15) is 5.10 Å². The van der Waals surface area contributed by atoms with Crippen LogP contribution >= 0.6 is 7.82 Å². The molecule has 4 heterocycles. The number of phosphoric acid groups is 1. The van der Waals surface area contributed by atoms with E-state index >= 15 is 0 Å². The highest BCUT2D eigenvalue weighted by molar-refractivity contribution is 7.47. The highest BCUT2D eigenvalue weighted by atomic mass is 31.2. The minimum Gasteiger partial charge on any atom is -0.387 e. The van der Waals surface area contributed by atoms with Crippen molar-refractivity contribution < 1.29 is 28.3 Å². The molecule has 2 aromatic heterocycles. The topological polar surface area (TPSA) is 166 Å². The average Bonchev–Trinajstić information content (AvgIpc) is 3.01. The summed E-state index contributed by atoms with van der Waals surface area (Å²) < 4.78 is 26.7. The molecule has 4 rings (SSSR count). The summed E-state index contributed by atoms with van der Waals surface area (Å²) >= 11 is 0. The number of aromatic nitrogens is 4. The minimum absolute atomic E-state index is 0.158. The van der Waals surface area contributed by atoms with Crippen LogP contribution in [0.1, 0.15) is 11.8 Å². The van der Waals surface area contributed by atoms with Gasteiger partial charge in [0.25, 0.3) is 0 Å². The maximum absolute atomic E-state index is 11.5. The molecular weight excluding hydrogens is 317 g/mol. The fourth-order valence-corrected chi connectivity index (χ4v) is 3.62. The number of anilines is 1. The van der Waals surface area contributed by atoms with Crippen LogP contribution in [0.25, 0.3) is 11.0 Å². The van der Waals surface area contributed by atoms with Gasteiger partial charge in [0, 0.05) is 0 Å². The van der Waals surface area contributed by atoms with Crippen molar-refractivity contribution in [3.63, 3.8) is 0 Å². The number of nitrogens with one attached hydrogen (secondary N) is 1. The Bertz CT molecular complexity index is 782. The molecule has 0 spiro atoms. The quantitative estimate of drug-likeness (QED) is 0.489. The lowest BCUT2D eigenvalue weighted by Gasteiger charge is -2.28. The molecule has 0 radical (unpaired) electrons. The van der Waals surface area contributed by atoms with E-state index in [1.165, 1.54) is 6.33 Å². The standard InChI is InChI=1S/C10H12N5O6P/c11-10-6-4(12-2-13-10)5(14-15-6)9-7(16)8-3(20-9)1-19-22(17,18)21-8/h2-3,7-9,16H,1H2,(H,14,15)(H,17,18)(H2,11,12,13)/t3-,7-,8-,9+/m1/s1. The molecule has 11 nitrogen and oxygen atoms in total. The van der Waals surface area contributed by atoms with Crippen LogP contribution in [-0.2, 0) is 18.3 Å². The Hall–Kier alpha value is -1.62. The van der Waals surface area contributed by atoms with Crippen LogP contribution in [0.3, 0.4) is 0 Å². The van der Waals surface area contributed by atoms with Gasteiger partial charge in [-0.3, -0.25) is 14.1 Å². The van der Waals surface area contributed by atoms with E-state index in [9.17, 15) is 14.6 Å². The molecule has 2 aliphatic rings. The number of hydrogen-bond donors (Lipinski definition) is 4. The maximum Gasteiger partial charge on any atom is 0.472 e. The average molecular weight is 329 g/mol. The van der Waals surface area contributed by atoms with E-state index in [0.717, 1.165) is 0 Å². The Balaban J connectivity index is 1.71. The van der Waals surface area contributed by atoms with Crippen LogP contribution in [-0.4, -0.2) is 55.1 Å². The van der Waals surface area contributed by atoms with Gasteiger partial charge in [-0.05, 0) is 0 Å². The maximum atomic E-state index is 11.5. The lowest BCUT2D eigenvalue weighted by Crippen LogP contribution is -2.38. The number of ether oxygens (including phenoxy) is 1. The monoisotopic (exact) mass is 329 g/mol. The van der Waals surface area contributed by atoms with E-state index in [1.807, 2.05) is 0 Å². The van der Waals surface area contributed by atoms with E-state index in [4.69, 9.17) is 15.0 Å². The number of aliphatic hydroxyl groups excluding tert-OH is 1. The molecule has 5 N–H and O–H groups in total. The summed E-state index contributed by atoms with van der Waals surface area (Å²) in [6.07, 6.45) is -2.43. The zero-order chi connectivity index (χ0) is 15.5. The Kier molecular flexibility index (Phi) is 2.98. The largest absolute Gasteiger partial charge is 0.472 e. The van der Waals surface area contributed by atoms with Crippen molar-refractivity contribution in [2.75, 3.05) is 12.3 Å². The van der Waals surface area contributed by atoms with Crippen molar-refractivity contribution in [2.45, 2.75) is 24.4 Å². The second kappa shape index (κ2) is 4.69. The summed E-state index contributed by atoms with van der Waals surface area (Å²) in [7, 11) is -4.16. The number of fused-ring (bicyclic) bond motifs is 2. The van der Waals surface area contributed by atoms with Crippen LogP contribution in [0.4, 0.5) is 5.82 Å². The molecular formula is C10H12N5O6P. The van der Waals surface area contributed by atoms with Gasteiger partial charge in [0.05, 0.1) is 12.3 Å². The molecule has 2 aliphatic heterocycles. The molecule has 2 saturated heterocycles. The molecule has 12 heteroatoms. The first-order chi connectivity index (χ1) is 10.5. The van der Waals surface area contributed by atoms with Gasteiger partial charge in [0.2, 0.25) is 0 Å².